The highest BCUT2D eigenvalue weighted by Gasteiger charge is 2.58. The van der Waals surface area contributed by atoms with Gasteiger partial charge in [-0.25, -0.2) is 14.5 Å². The Balaban J connectivity index is 1.50. The van der Waals surface area contributed by atoms with Gasteiger partial charge in [-0.3, -0.25) is 4.79 Å². The molecule has 1 spiro atoms. The first-order chi connectivity index (χ1) is 17.6. The Bertz CT molecular complexity index is 1170. The number of hydrogen-bond acceptors (Lipinski definition) is 5. The van der Waals surface area contributed by atoms with Gasteiger partial charge in [-0.2, -0.15) is 0 Å². The smallest absolute Gasteiger partial charge is 0.417 e. The van der Waals surface area contributed by atoms with Gasteiger partial charge >= 0.3 is 12.2 Å². The summed E-state index contributed by atoms with van der Waals surface area (Å²) in [6, 6.07) is 16.0. The summed E-state index contributed by atoms with van der Waals surface area (Å²) in [5, 5.41) is 0.548. The number of likely N-dealkylation sites (tertiary alicyclic amines) is 1. The van der Waals surface area contributed by atoms with Gasteiger partial charge in [-0.1, -0.05) is 54.1 Å². The molecule has 3 amide bonds. The molecule has 2 saturated heterocycles. The van der Waals surface area contributed by atoms with Crippen molar-refractivity contribution in [2.45, 2.75) is 70.1 Å². The van der Waals surface area contributed by atoms with Crippen LogP contribution in [0.2, 0.25) is 5.02 Å². The second-order valence-corrected chi connectivity index (χ2v) is 12.0. The number of imide groups is 1. The van der Waals surface area contributed by atoms with E-state index in [1.165, 1.54) is 4.90 Å². The molecule has 2 aromatic rings. The Hall–Kier alpha value is -3.06. The molecule has 7 nitrogen and oxygen atoms in total. The maximum absolute atomic E-state index is 14.3. The number of cyclic esters (lactones) is 1. The molecule has 3 atom stereocenters. The topological polar surface area (TPSA) is 76.2 Å². The second-order valence-electron chi connectivity index (χ2n) is 11.5. The maximum Gasteiger partial charge on any atom is 0.417 e. The average molecular weight is 525 g/mol. The third-order valence-electron chi connectivity index (χ3n) is 7.53. The van der Waals surface area contributed by atoms with Crippen molar-refractivity contribution in [3.8, 4) is 0 Å². The van der Waals surface area contributed by atoms with E-state index in [9.17, 15) is 14.4 Å². The molecule has 3 aliphatic rings. The molecular formula is C29H33ClN2O5. The van der Waals surface area contributed by atoms with Crippen molar-refractivity contribution >= 4 is 29.7 Å². The quantitative estimate of drug-likeness (QED) is 0.494. The van der Waals surface area contributed by atoms with Crippen LogP contribution in [0.4, 0.5) is 9.59 Å². The molecule has 2 unspecified atom stereocenters. The fourth-order valence-corrected chi connectivity index (χ4v) is 5.70. The molecule has 1 aliphatic carbocycles. The number of carbonyl (C=O) groups is 3. The van der Waals surface area contributed by atoms with Crippen molar-refractivity contribution in [1.82, 2.24) is 9.80 Å². The van der Waals surface area contributed by atoms with E-state index in [2.05, 4.69) is 0 Å². The number of amides is 3. The lowest BCUT2D eigenvalue weighted by molar-refractivity contribution is -0.132. The average Bonchev–Trinajstić information content (AvgIpc) is 3.34. The molecule has 37 heavy (non-hydrogen) atoms. The van der Waals surface area contributed by atoms with E-state index < -0.39 is 35.8 Å². The Morgan fingerprint density at radius 2 is 1.78 bits per heavy atom. The van der Waals surface area contributed by atoms with Gasteiger partial charge < -0.3 is 14.4 Å². The molecule has 2 heterocycles. The molecule has 2 aliphatic heterocycles. The first-order valence-electron chi connectivity index (χ1n) is 12.8. The van der Waals surface area contributed by atoms with Gasteiger partial charge in [0.2, 0.25) is 5.91 Å². The SMILES string of the molecule is CC(C)(C)OC(=O)N1CC2(CC2)CC1[C@@H](C(=O)N1C(=O)OCC1Cc1ccccc1)c1ccc(Cl)cc1. The van der Waals surface area contributed by atoms with Gasteiger partial charge in [0, 0.05) is 11.6 Å². The summed E-state index contributed by atoms with van der Waals surface area (Å²) in [7, 11) is 0. The van der Waals surface area contributed by atoms with Crippen LogP contribution in [0.25, 0.3) is 0 Å². The predicted molar refractivity (Wildman–Crippen MR) is 139 cm³/mol. The third-order valence-corrected chi connectivity index (χ3v) is 7.78. The lowest BCUT2D eigenvalue weighted by Gasteiger charge is -2.34. The maximum atomic E-state index is 14.3. The summed E-state index contributed by atoms with van der Waals surface area (Å²) in [6.07, 6.45) is 2.11. The first kappa shape index (κ1) is 25.6. The number of nitrogens with zero attached hydrogens (tertiary/aromatic N) is 2. The zero-order chi connectivity index (χ0) is 26.4. The minimum atomic E-state index is -0.756. The molecule has 0 aromatic heterocycles. The van der Waals surface area contributed by atoms with E-state index >= 15 is 0 Å². The molecule has 0 radical (unpaired) electrons. The van der Waals surface area contributed by atoms with Gasteiger partial charge in [-0.15, -0.1) is 0 Å². The van der Waals surface area contributed by atoms with Crippen molar-refractivity contribution in [3.63, 3.8) is 0 Å². The summed E-state index contributed by atoms with van der Waals surface area (Å²) in [5.74, 6) is -1.12. The molecule has 5 rings (SSSR count). The van der Waals surface area contributed by atoms with Crippen molar-refractivity contribution < 1.29 is 23.9 Å². The van der Waals surface area contributed by atoms with Crippen LogP contribution in [0.3, 0.4) is 0 Å². The molecular weight excluding hydrogens is 492 g/mol. The van der Waals surface area contributed by atoms with Gasteiger partial charge in [0.25, 0.3) is 0 Å². The Kier molecular flexibility index (Phi) is 6.69. The van der Waals surface area contributed by atoms with Crippen LogP contribution in [-0.4, -0.2) is 58.7 Å². The van der Waals surface area contributed by atoms with Crippen LogP contribution in [-0.2, 0) is 20.7 Å². The Morgan fingerprint density at radius 3 is 2.41 bits per heavy atom. The van der Waals surface area contributed by atoms with Gasteiger partial charge in [0.1, 0.15) is 12.2 Å². The van der Waals surface area contributed by atoms with E-state index in [1.807, 2.05) is 63.2 Å². The van der Waals surface area contributed by atoms with Crippen LogP contribution in [0, 0.1) is 5.41 Å². The lowest BCUT2D eigenvalue weighted by Crippen LogP contribution is -2.50. The molecule has 8 heteroatoms. The summed E-state index contributed by atoms with van der Waals surface area (Å²) in [5.41, 5.74) is 1.06. The van der Waals surface area contributed by atoms with Crippen LogP contribution in [0.5, 0.6) is 0 Å². The predicted octanol–water partition coefficient (Wildman–Crippen LogP) is 5.80. The fraction of sp³-hybridized carbons (Fsp3) is 0.483. The normalized spacial score (nSPS) is 23.2. The Labute approximate surface area is 222 Å². The van der Waals surface area contributed by atoms with E-state index in [4.69, 9.17) is 21.1 Å². The lowest BCUT2D eigenvalue weighted by atomic mass is 9.86. The Morgan fingerprint density at radius 1 is 1.11 bits per heavy atom. The van der Waals surface area contributed by atoms with Gasteiger partial charge in [-0.05, 0) is 75.1 Å². The molecule has 2 aromatic carbocycles. The highest BCUT2D eigenvalue weighted by Crippen LogP contribution is 2.57. The fourth-order valence-electron chi connectivity index (χ4n) is 5.57. The summed E-state index contributed by atoms with van der Waals surface area (Å²) in [6.45, 7) is 6.18. The summed E-state index contributed by atoms with van der Waals surface area (Å²) < 4.78 is 11.1. The van der Waals surface area contributed by atoms with E-state index in [0.29, 0.717) is 30.0 Å². The highest BCUT2D eigenvalue weighted by atomic mass is 35.5. The zero-order valence-corrected chi connectivity index (χ0v) is 22.2. The number of halogens is 1. The number of hydrogen-bond donors (Lipinski definition) is 0. The minimum Gasteiger partial charge on any atom is -0.447 e. The van der Waals surface area contributed by atoms with Crippen molar-refractivity contribution in [3.05, 3.63) is 70.7 Å². The number of rotatable bonds is 5. The third kappa shape index (κ3) is 5.47. The van der Waals surface area contributed by atoms with Crippen LogP contribution in [0.1, 0.15) is 57.1 Å². The highest BCUT2D eigenvalue weighted by molar-refractivity contribution is 6.30. The minimum absolute atomic E-state index is 0.00147. The molecule has 1 saturated carbocycles. The summed E-state index contributed by atoms with van der Waals surface area (Å²) >= 11 is 6.17. The van der Waals surface area contributed by atoms with E-state index in [-0.39, 0.29) is 17.9 Å². The van der Waals surface area contributed by atoms with Crippen LogP contribution < -0.4 is 0 Å². The van der Waals surface area contributed by atoms with Crippen LogP contribution in [0.15, 0.2) is 54.6 Å². The van der Waals surface area contributed by atoms with Gasteiger partial charge in [0.05, 0.1) is 18.0 Å². The van der Waals surface area contributed by atoms with E-state index in [1.54, 1.807) is 17.0 Å². The number of ether oxygens (including phenoxy) is 2. The standard InChI is InChI=1S/C29H33ClN2O5/c1-28(2,3)37-26(34)31-18-29(13-14-29)16-23(31)24(20-9-11-21(30)12-10-20)25(33)32-22(17-36-27(32)35)15-19-7-5-4-6-8-19/h4-12,22-24H,13-18H2,1-3H3/t22?,23?,24-/m0/s1. The van der Waals surface area contributed by atoms with Crippen LogP contribution >= 0.6 is 11.6 Å². The molecule has 0 N–H and O–H groups in total. The second kappa shape index (κ2) is 9.67. The van der Waals surface area contributed by atoms with Crippen molar-refractivity contribution in [2.24, 2.45) is 5.41 Å². The van der Waals surface area contributed by atoms with Crippen molar-refractivity contribution in [2.75, 3.05) is 13.2 Å². The monoisotopic (exact) mass is 524 g/mol. The first-order valence-corrected chi connectivity index (χ1v) is 13.2. The van der Waals surface area contributed by atoms with E-state index in [0.717, 1.165) is 18.4 Å². The largest absolute Gasteiger partial charge is 0.447 e. The molecule has 196 valence electrons. The van der Waals surface area contributed by atoms with Gasteiger partial charge in [0.15, 0.2) is 0 Å². The number of carbonyl (C=O) groups excluding carboxylic acids is 3. The zero-order valence-electron chi connectivity index (χ0n) is 21.5. The molecule has 3 fully saturated rings. The number of benzene rings is 2. The molecule has 0 bridgehead atoms. The summed E-state index contributed by atoms with van der Waals surface area (Å²) in [4.78, 5) is 43.6. The van der Waals surface area contributed by atoms with Crippen molar-refractivity contribution in [1.29, 1.82) is 0 Å².